The molecule has 1 aliphatic rings. The summed E-state index contributed by atoms with van der Waals surface area (Å²) < 4.78 is 0. The van der Waals surface area contributed by atoms with E-state index < -0.39 is 0 Å². The van der Waals surface area contributed by atoms with Gasteiger partial charge in [0.25, 0.3) is 0 Å². The van der Waals surface area contributed by atoms with Gasteiger partial charge in [-0.15, -0.1) is 23.1 Å². The van der Waals surface area contributed by atoms with Crippen LogP contribution >= 0.6 is 23.1 Å². The van der Waals surface area contributed by atoms with Crippen LogP contribution in [0, 0.1) is 18.8 Å². The van der Waals surface area contributed by atoms with Crippen LogP contribution in [0.2, 0.25) is 0 Å². The van der Waals surface area contributed by atoms with E-state index in [0.717, 1.165) is 21.3 Å². The third kappa shape index (κ3) is 2.82. The number of thioether (sulfide) groups is 1. The summed E-state index contributed by atoms with van der Waals surface area (Å²) in [5.41, 5.74) is 1.93. The van der Waals surface area contributed by atoms with Crippen molar-refractivity contribution >= 4 is 34.0 Å². The molecular weight excluding hydrogens is 300 g/mol. The van der Waals surface area contributed by atoms with Crippen LogP contribution < -0.4 is 4.90 Å². The lowest BCUT2D eigenvalue weighted by molar-refractivity contribution is -0.117. The largest absolute Gasteiger partial charge is 0.306 e. The number of carbonyl (C=O) groups excluding carboxylic acids is 1. The summed E-state index contributed by atoms with van der Waals surface area (Å²) in [6, 6.07) is 5.70. The average Bonchev–Trinajstić information content (AvgIpc) is 2.74. The lowest BCUT2D eigenvalue weighted by atomic mass is 10.2. The van der Waals surface area contributed by atoms with Crippen molar-refractivity contribution in [1.82, 2.24) is 4.98 Å². The average molecular weight is 314 g/mol. The van der Waals surface area contributed by atoms with Crippen molar-refractivity contribution in [3.63, 3.8) is 0 Å². The fourth-order valence-electron chi connectivity index (χ4n) is 2.07. The Bertz CT molecular complexity index is 741. The molecule has 0 saturated carbocycles. The van der Waals surface area contributed by atoms with E-state index in [9.17, 15) is 4.79 Å². The van der Waals surface area contributed by atoms with Crippen LogP contribution in [0.5, 0.6) is 0 Å². The number of nitrogens with zero attached hydrogens (tertiary/aromatic N) is 2. The molecule has 0 radical (unpaired) electrons. The fourth-order valence-corrected chi connectivity index (χ4v) is 4.53. The predicted octanol–water partition coefficient (Wildman–Crippen LogP) is 3.31. The summed E-state index contributed by atoms with van der Waals surface area (Å²) in [6.45, 7) is 2.08. The zero-order valence-electron chi connectivity index (χ0n) is 11.8. The second-order valence-electron chi connectivity index (χ2n) is 4.71. The second kappa shape index (κ2) is 5.92. The maximum Gasteiger partial charge on any atom is 0.228 e. The number of anilines is 1. The van der Waals surface area contributed by atoms with E-state index in [-0.39, 0.29) is 5.91 Å². The smallest absolute Gasteiger partial charge is 0.228 e. The molecule has 5 heteroatoms. The first-order valence-corrected chi connectivity index (χ1v) is 8.43. The van der Waals surface area contributed by atoms with Crippen LogP contribution in [0.4, 0.5) is 5.00 Å². The van der Waals surface area contributed by atoms with Crippen LogP contribution in [-0.2, 0) is 4.79 Å². The predicted molar refractivity (Wildman–Crippen MR) is 88.0 cm³/mol. The van der Waals surface area contributed by atoms with E-state index in [2.05, 4.69) is 23.7 Å². The molecule has 1 amide bonds. The highest BCUT2D eigenvalue weighted by atomic mass is 32.2. The Hall–Kier alpha value is -1.77. The number of fused-ring (bicyclic) bond motifs is 1. The first-order chi connectivity index (χ1) is 10.2. The lowest BCUT2D eigenvalue weighted by Crippen LogP contribution is -2.24. The van der Waals surface area contributed by atoms with Crippen LogP contribution in [0.25, 0.3) is 0 Å². The van der Waals surface area contributed by atoms with Crippen LogP contribution in [0.15, 0.2) is 29.3 Å². The van der Waals surface area contributed by atoms with Crippen molar-refractivity contribution in [2.24, 2.45) is 0 Å². The number of carbonyl (C=O) groups is 1. The van der Waals surface area contributed by atoms with Gasteiger partial charge in [0.05, 0.1) is 4.88 Å². The molecule has 0 bridgehead atoms. The SMILES string of the molecule is Cc1c(C#Cc2ccccn2)sc2c1SCCC(=O)N2C. The Morgan fingerprint density at radius 2 is 2.19 bits per heavy atom. The summed E-state index contributed by atoms with van der Waals surface area (Å²) in [6.07, 6.45) is 2.33. The first-order valence-electron chi connectivity index (χ1n) is 6.62. The molecule has 0 N–H and O–H groups in total. The van der Waals surface area contributed by atoms with Gasteiger partial charge in [0.15, 0.2) is 0 Å². The molecule has 0 atom stereocenters. The minimum Gasteiger partial charge on any atom is -0.306 e. The molecule has 2 aromatic heterocycles. The van der Waals surface area contributed by atoms with Crippen molar-refractivity contribution in [2.75, 3.05) is 17.7 Å². The molecular formula is C16H14N2OS2. The monoisotopic (exact) mass is 314 g/mol. The molecule has 1 aliphatic heterocycles. The van der Waals surface area contributed by atoms with Gasteiger partial charge in [0.2, 0.25) is 5.91 Å². The quantitative estimate of drug-likeness (QED) is 0.700. The molecule has 0 aliphatic carbocycles. The van der Waals surface area contributed by atoms with Gasteiger partial charge in [-0.05, 0) is 36.5 Å². The number of rotatable bonds is 0. The van der Waals surface area contributed by atoms with Gasteiger partial charge in [-0.2, -0.15) is 0 Å². The van der Waals surface area contributed by atoms with Gasteiger partial charge in [-0.3, -0.25) is 4.79 Å². The molecule has 0 aromatic carbocycles. The molecule has 2 aromatic rings. The van der Waals surface area contributed by atoms with Crippen molar-refractivity contribution < 1.29 is 4.79 Å². The van der Waals surface area contributed by atoms with Crippen LogP contribution in [0.3, 0.4) is 0 Å². The van der Waals surface area contributed by atoms with E-state index in [0.29, 0.717) is 6.42 Å². The number of aromatic nitrogens is 1. The Morgan fingerprint density at radius 3 is 2.95 bits per heavy atom. The topological polar surface area (TPSA) is 33.2 Å². The Balaban J connectivity index is 1.99. The summed E-state index contributed by atoms with van der Waals surface area (Å²) in [7, 11) is 1.85. The van der Waals surface area contributed by atoms with E-state index in [1.54, 1.807) is 34.2 Å². The second-order valence-corrected chi connectivity index (χ2v) is 6.81. The van der Waals surface area contributed by atoms with Gasteiger partial charge < -0.3 is 4.90 Å². The van der Waals surface area contributed by atoms with E-state index in [1.807, 2.05) is 25.2 Å². The molecule has 3 heterocycles. The van der Waals surface area contributed by atoms with Crippen molar-refractivity contribution in [2.45, 2.75) is 18.2 Å². The van der Waals surface area contributed by atoms with Crippen molar-refractivity contribution in [1.29, 1.82) is 0 Å². The zero-order chi connectivity index (χ0) is 14.8. The molecule has 0 fully saturated rings. The van der Waals surface area contributed by atoms with Gasteiger partial charge in [-0.25, -0.2) is 4.98 Å². The number of hydrogen-bond acceptors (Lipinski definition) is 4. The Kier molecular flexibility index (Phi) is 4.00. The lowest BCUT2D eigenvalue weighted by Gasteiger charge is -2.12. The Morgan fingerprint density at radius 1 is 1.33 bits per heavy atom. The van der Waals surface area contributed by atoms with E-state index in [4.69, 9.17) is 0 Å². The minimum absolute atomic E-state index is 0.173. The number of amides is 1. The molecule has 21 heavy (non-hydrogen) atoms. The van der Waals surface area contributed by atoms with Gasteiger partial charge in [0.1, 0.15) is 10.7 Å². The van der Waals surface area contributed by atoms with Gasteiger partial charge in [-0.1, -0.05) is 6.07 Å². The third-order valence-electron chi connectivity index (χ3n) is 3.28. The van der Waals surface area contributed by atoms with Crippen LogP contribution in [0.1, 0.15) is 22.6 Å². The minimum atomic E-state index is 0.173. The highest BCUT2D eigenvalue weighted by Crippen LogP contribution is 2.43. The maximum atomic E-state index is 11.9. The molecule has 3 rings (SSSR count). The van der Waals surface area contributed by atoms with Gasteiger partial charge in [0, 0.05) is 30.3 Å². The summed E-state index contributed by atoms with van der Waals surface area (Å²) in [5.74, 6) is 7.29. The van der Waals surface area contributed by atoms with E-state index in [1.165, 1.54) is 10.5 Å². The van der Waals surface area contributed by atoms with Gasteiger partial charge >= 0.3 is 0 Å². The highest BCUT2D eigenvalue weighted by molar-refractivity contribution is 7.99. The first kappa shape index (κ1) is 14.2. The van der Waals surface area contributed by atoms with Crippen molar-refractivity contribution in [3.05, 3.63) is 40.5 Å². The maximum absolute atomic E-state index is 11.9. The van der Waals surface area contributed by atoms with E-state index >= 15 is 0 Å². The number of pyridine rings is 1. The number of thiophene rings is 1. The molecule has 0 spiro atoms. The Labute approximate surface area is 132 Å². The normalized spacial score (nSPS) is 14.2. The highest BCUT2D eigenvalue weighted by Gasteiger charge is 2.24. The summed E-state index contributed by atoms with van der Waals surface area (Å²) in [5, 5.41) is 1.02. The summed E-state index contributed by atoms with van der Waals surface area (Å²) >= 11 is 3.34. The molecule has 0 unspecified atom stereocenters. The standard InChI is InChI=1S/C16H14N2OS2/c1-11-13(7-6-12-5-3-4-9-17-12)21-16-15(11)20-10-8-14(19)18(16)2/h3-5,9H,8,10H2,1-2H3. The summed E-state index contributed by atoms with van der Waals surface area (Å²) in [4.78, 5) is 20.1. The fraction of sp³-hybridized carbons (Fsp3) is 0.250. The molecule has 0 saturated heterocycles. The molecule has 3 nitrogen and oxygen atoms in total. The van der Waals surface area contributed by atoms with Crippen molar-refractivity contribution in [3.8, 4) is 11.8 Å². The molecule has 106 valence electrons. The third-order valence-corrected chi connectivity index (χ3v) is 5.89. The zero-order valence-corrected chi connectivity index (χ0v) is 13.5. The number of hydrogen-bond donors (Lipinski definition) is 0. The van der Waals surface area contributed by atoms with Crippen LogP contribution in [-0.4, -0.2) is 23.7 Å².